The van der Waals surface area contributed by atoms with Gasteiger partial charge in [0.25, 0.3) is 0 Å². The molecule has 0 radical (unpaired) electrons. The van der Waals surface area contributed by atoms with Crippen molar-refractivity contribution in [2.75, 3.05) is 11.4 Å². The number of aromatic nitrogens is 2. The third-order valence-electron chi connectivity index (χ3n) is 3.47. The van der Waals surface area contributed by atoms with Crippen molar-refractivity contribution in [3.8, 4) is 11.6 Å². The van der Waals surface area contributed by atoms with Gasteiger partial charge < -0.3 is 14.4 Å². The van der Waals surface area contributed by atoms with E-state index in [1.807, 2.05) is 32.9 Å². The molecule has 0 aliphatic heterocycles. The summed E-state index contributed by atoms with van der Waals surface area (Å²) in [4.78, 5) is 9.65. The maximum atomic E-state index is 13.2. The normalized spacial score (nSPS) is 11.8. The molecule has 0 aliphatic rings. The Hall–Kier alpha value is -2.51. The van der Waals surface area contributed by atoms with Crippen molar-refractivity contribution >= 4 is 11.6 Å². The minimum Gasteiger partial charge on any atom is -0.491 e. The molecule has 0 bridgehead atoms. The first-order chi connectivity index (χ1) is 12.6. The third kappa shape index (κ3) is 5.48. The molecule has 8 heteroatoms. The zero-order valence-corrected chi connectivity index (χ0v) is 16.0. The van der Waals surface area contributed by atoms with Gasteiger partial charge in [0, 0.05) is 18.4 Å². The summed E-state index contributed by atoms with van der Waals surface area (Å²) in [5.41, 5.74) is -0.249. The lowest BCUT2D eigenvalue weighted by molar-refractivity contribution is -0.139. The van der Waals surface area contributed by atoms with E-state index in [9.17, 15) is 13.2 Å². The molecule has 2 rings (SSSR count). The molecule has 0 N–H and O–H groups in total. The second-order valence-electron chi connectivity index (χ2n) is 6.46. The van der Waals surface area contributed by atoms with Crippen molar-refractivity contribution in [1.82, 2.24) is 9.97 Å². The van der Waals surface area contributed by atoms with Crippen LogP contribution in [0.15, 0.2) is 30.5 Å². The van der Waals surface area contributed by atoms with Gasteiger partial charge >= 0.3 is 6.18 Å². The van der Waals surface area contributed by atoms with Gasteiger partial charge in [0.15, 0.2) is 0 Å². The fourth-order valence-electron chi connectivity index (χ4n) is 2.41. The first-order valence-electron chi connectivity index (χ1n) is 8.77. The van der Waals surface area contributed by atoms with E-state index in [0.29, 0.717) is 12.3 Å². The minimum absolute atomic E-state index is 0.0483. The van der Waals surface area contributed by atoms with Crippen LogP contribution in [0.2, 0.25) is 0 Å². The van der Waals surface area contributed by atoms with Crippen molar-refractivity contribution in [2.24, 2.45) is 0 Å². The molecule has 0 atom stereocenters. The number of ether oxygens (including phenoxy) is 2. The van der Waals surface area contributed by atoms with Crippen LogP contribution in [0.25, 0.3) is 0 Å². The van der Waals surface area contributed by atoms with E-state index in [2.05, 4.69) is 9.97 Å². The van der Waals surface area contributed by atoms with Crippen LogP contribution in [0.5, 0.6) is 11.6 Å². The highest BCUT2D eigenvalue weighted by Gasteiger charge is 2.37. The quantitative estimate of drug-likeness (QED) is 0.655. The van der Waals surface area contributed by atoms with Crippen molar-refractivity contribution in [3.63, 3.8) is 0 Å². The fourth-order valence-corrected chi connectivity index (χ4v) is 2.41. The summed E-state index contributed by atoms with van der Waals surface area (Å²) in [6, 6.07) is 7.22. The van der Waals surface area contributed by atoms with Crippen molar-refractivity contribution in [3.05, 3.63) is 36.0 Å². The largest absolute Gasteiger partial charge is 0.491 e. The fraction of sp³-hybridized carbons (Fsp3) is 0.474. The second kappa shape index (κ2) is 8.45. The Labute approximate surface area is 157 Å². The summed E-state index contributed by atoms with van der Waals surface area (Å²) in [7, 11) is 0. The Morgan fingerprint density at radius 2 is 1.59 bits per heavy atom. The van der Waals surface area contributed by atoms with E-state index in [0.717, 1.165) is 11.9 Å². The van der Waals surface area contributed by atoms with E-state index in [1.165, 1.54) is 0 Å². The van der Waals surface area contributed by atoms with Gasteiger partial charge in [0.05, 0.1) is 12.2 Å². The Balaban J connectivity index is 2.38. The number of hydrogen-bond donors (Lipinski definition) is 0. The van der Waals surface area contributed by atoms with E-state index in [-0.39, 0.29) is 12.1 Å². The lowest BCUT2D eigenvalue weighted by atomic mass is 10.2. The first kappa shape index (κ1) is 20.8. The van der Waals surface area contributed by atoms with Crippen LogP contribution >= 0.6 is 0 Å². The van der Waals surface area contributed by atoms with Crippen LogP contribution in [-0.4, -0.2) is 28.7 Å². The van der Waals surface area contributed by atoms with Gasteiger partial charge in [-0.3, -0.25) is 0 Å². The molecule has 0 aliphatic carbocycles. The lowest BCUT2D eigenvalue weighted by Crippen LogP contribution is -2.21. The van der Waals surface area contributed by atoms with Crippen LogP contribution < -0.4 is 14.4 Å². The van der Waals surface area contributed by atoms with E-state index in [1.54, 1.807) is 30.9 Å². The molecule has 0 amide bonds. The number of nitrogens with zero attached hydrogens (tertiary/aromatic N) is 3. The molecule has 0 saturated heterocycles. The van der Waals surface area contributed by atoms with Crippen LogP contribution in [0.1, 0.15) is 40.2 Å². The summed E-state index contributed by atoms with van der Waals surface area (Å²) in [6.45, 7) is 9.48. The molecule has 0 spiro atoms. The summed E-state index contributed by atoms with van der Waals surface area (Å²) in [6.07, 6.45) is -4.22. The molecule has 1 aromatic carbocycles. The molecular weight excluding hydrogens is 359 g/mol. The molecule has 1 heterocycles. The molecule has 148 valence electrons. The molecule has 5 nitrogen and oxygen atoms in total. The molecule has 27 heavy (non-hydrogen) atoms. The zero-order chi connectivity index (χ0) is 20.2. The van der Waals surface area contributed by atoms with Crippen LogP contribution in [0, 0.1) is 0 Å². The number of alkyl halides is 3. The van der Waals surface area contributed by atoms with Gasteiger partial charge in [-0.25, -0.2) is 4.98 Å². The molecule has 0 fully saturated rings. The Bertz CT molecular complexity index is 747. The van der Waals surface area contributed by atoms with E-state index < -0.39 is 23.7 Å². The summed E-state index contributed by atoms with van der Waals surface area (Å²) in [5, 5.41) is 0. The molecule has 0 unspecified atom stereocenters. The first-order valence-corrected chi connectivity index (χ1v) is 8.77. The lowest BCUT2D eigenvalue weighted by Gasteiger charge is -2.23. The van der Waals surface area contributed by atoms with E-state index in [4.69, 9.17) is 9.47 Å². The Kier molecular flexibility index (Phi) is 6.51. The predicted octanol–water partition coefficient (Wildman–Crippen LogP) is 5.23. The molecule has 1 aromatic heterocycles. The number of hydrogen-bond acceptors (Lipinski definition) is 5. The van der Waals surface area contributed by atoms with Crippen molar-refractivity contribution in [1.29, 1.82) is 0 Å². The number of rotatable bonds is 7. The number of halogens is 3. The maximum absolute atomic E-state index is 13.2. The Morgan fingerprint density at radius 3 is 2.07 bits per heavy atom. The molecule has 0 saturated carbocycles. The zero-order valence-electron chi connectivity index (χ0n) is 16.0. The average molecular weight is 383 g/mol. The second-order valence-corrected chi connectivity index (χ2v) is 6.46. The minimum atomic E-state index is -4.59. The SMILES string of the molecule is CCN(c1ccc(OC(C)C)cc1)c1ncc(C(F)(F)F)c(OC(C)C)n1. The number of benzene rings is 1. The maximum Gasteiger partial charge on any atom is 0.423 e. The highest BCUT2D eigenvalue weighted by molar-refractivity contribution is 5.58. The van der Waals surface area contributed by atoms with Gasteiger partial charge in [-0.1, -0.05) is 0 Å². The third-order valence-corrected chi connectivity index (χ3v) is 3.47. The van der Waals surface area contributed by atoms with Crippen molar-refractivity contribution < 1.29 is 22.6 Å². The number of anilines is 2. The van der Waals surface area contributed by atoms with Crippen LogP contribution in [0.3, 0.4) is 0 Å². The molecule has 2 aromatic rings. The van der Waals surface area contributed by atoms with Gasteiger partial charge in [-0.15, -0.1) is 0 Å². The van der Waals surface area contributed by atoms with E-state index >= 15 is 0 Å². The highest BCUT2D eigenvalue weighted by Crippen LogP contribution is 2.36. The summed E-state index contributed by atoms with van der Waals surface area (Å²) < 4.78 is 50.5. The average Bonchev–Trinajstić information content (AvgIpc) is 2.55. The van der Waals surface area contributed by atoms with Gasteiger partial charge in [-0.2, -0.15) is 18.2 Å². The van der Waals surface area contributed by atoms with Crippen LogP contribution in [-0.2, 0) is 6.18 Å². The van der Waals surface area contributed by atoms with Crippen molar-refractivity contribution in [2.45, 2.75) is 53.0 Å². The predicted molar refractivity (Wildman–Crippen MR) is 97.7 cm³/mol. The standard InChI is InChI=1S/C19H24F3N3O2/c1-6-25(14-7-9-15(10-8-14)26-12(2)3)18-23-11-16(19(20,21)22)17(24-18)27-13(4)5/h7-13H,6H2,1-5H3. The topological polar surface area (TPSA) is 47.5 Å². The summed E-state index contributed by atoms with van der Waals surface area (Å²) in [5.74, 6) is 0.376. The smallest absolute Gasteiger partial charge is 0.423 e. The Morgan fingerprint density at radius 1 is 1.00 bits per heavy atom. The van der Waals surface area contributed by atoms with Gasteiger partial charge in [0.2, 0.25) is 11.8 Å². The summed E-state index contributed by atoms with van der Waals surface area (Å²) >= 11 is 0. The highest BCUT2D eigenvalue weighted by atomic mass is 19.4. The molecular formula is C19H24F3N3O2. The van der Waals surface area contributed by atoms with Crippen LogP contribution in [0.4, 0.5) is 24.8 Å². The van der Waals surface area contributed by atoms with Gasteiger partial charge in [-0.05, 0) is 58.9 Å². The monoisotopic (exact) mass is 383 g/mol. The van der Waals surface area contributed by atoms with Gasteiger partial charge in [0.1, 0.15) is 11.3 Å².